The van der Waals surface area contributed by atoms with E-state index in [0.29, 0.717) is 13.1 Å². The number of carbonyl (C=O) groups is 1. The molecule has 23 heavy (non-hydrogen) atoms. The smallest absolute Gasteiger partial charge is 0.317 e. The Labute approximate surface area is 136 Å². The summed E-state index contributed by atoms with van der Waals surface area (Å²) in [6.45, 7) is 3.02. The molecule has 0 spiro atoms. The molecular formula is C17H24N4O2. The molecule has 1 unspecified atom stereocenters. The first-order valence-corrected chi connectivity index (χ1v) is 8.32. The predicted octanol–water partition coefficient (Wildman–Crippen LogP) is 1.84. The zero-order valence-corrected chi connectivity index (χ0v) is 13.3. The Balaban J connectivity index is 1.43. The van der Waals surface area contributed by atoms with Crippen LogP contribution in [0.3, 0.4) is 0 Å². The number of aliphatic hydroxyl groups excluding tert-OH is 1. The molecule has 1 saturated heterocycles. The molecule has 2 aromatic rings. The van der Waals surface area contributed by atoms with Crippen molar-refractivity contribution in [2.75, 3.05) is 26.2 Å². The highest BCUT2D eigenvalue weighted by molar-refractivity contribution is 5.78. The van der Waals surface area contributed by atoms with Crippen molar-refractivity contribution in [3.8, 4) is 0 Å². The lowest BCUT2D eigenvalue weighted by molar-refractivity contribution is 0.129. The number of piperidine rings is 1. The number of aryl methyl sites for hydroxylation is 1. The van der Waals surface area contributed by atoms with Crippen LogP contribution in [-0.2, 0) is 6.54 Å². The van der Waals surface area contributed by atoms with Crippen molar-refractivity contribution >= 4 is 16.9 Å². The van der Waals surface area contributed by atoms with E-state index >= 15 is 0 Å². The van der Waals surface area contributed by atoms with Gasteiger partial charge in [0.2, 0.25) is 0 Å². The zero-order chi connectivity index (χ0) is 16.1. The first-order valence-electron chi connectivity index (χ1n) is 8.32. The summed E-state index contributed by atoms with van der Waals surface area (Å²) in [6, 6.07) is 8.11. The van der Waals surface area contributed by atoms with Crippen molar-refractivity contribution in [2.45, 2.75) is 25.8 Å². The zero-order valence-electron chi connectivity index (χ0n) is 13.3. The van der Waals surface area contributed by atoms with Crippen LogP contribution in [0.1, 0.15) is 19.3 Å². The van der Waals surface area contributed by atoms with Crippen molar-refractivity contribution in [3.63, 3.8) is 0 Å². The first kappa shape index (κ1) is 15.8. The van der Waals surface area contributed by atoms with Crippen molar-refractivity contribution in [1.82, 2.24) is 20.0 Å². The molecule has 1 fully saturated rings. The number of likely N-dealkylation sites (tertiary alicyclic amines) is 1. The average Bonchev–Trinajstić information content (AvgIpc) is 3.02. The lowest BCUT2D eigenvalue weighted by Crippen LogP contribution is -2.46. The van der Waals surface area contributed by atoms with E-state index in [1.54, 1.807) is 0 Å². The Hall–Kier alpha value is -2.08. The van der Waals surface area contributed by atoms with Gasteiger partial charge in [-0.2, -0.15) is 5.10 Å². The topological polar surface area (TPSA) is 70.4 Å². The molecule has 6 nitrogen and oxygen atoms in total. The summed E-state index contributed by atoms with van der Waals surface area (Å²) in [5.74, 6) is 0.227. The Morgan fingerprint density at radius 2 is 2.26 bits per heavy atom. The lowest BCUT2D eigenvalue weighted by Gasteiger charge is -2.31. The molecular weight excluding hydrogens is 292 g/mol. The van der Waals surface area contributed by atoms with Gasteiger partial charge >= 0.3 is 6.03 Å². The van der Waals surface area contributed by atoms with E-state index in [0.717, 1.165) is 43.3 Å². The van der Waals surface area contributed by atoms with E-state index in [2.05, 4.69) is 22.5 Å². The Bertz CT molecular complexity index is 655. The van der Waals surface area contributed by atoms with Gasteiger partial charge in [0.25, 0.3) is 0 Å². The highest BCUT2D eigenvalue weighted by atomic mass is 16.3. The van der Waals surface area contributed by atoms with Gasteiger partial charge in [0, 0.05) is 38.2 Å². The molecule has 2 heterocycles. The van der Waals surface area contributed by atoms with Crippen LogP contribution < -0.4 is 5.32 Å². The summed E-state index contributed by atoms with van der Waals surface area (Å²) in [7, 11) is 0. The third-order valence-corrected chi connectivity index (χ3v) is 4.44. The molecule has 6 heteroatoms. The van der Waals surface area contributed by atoms with Crippen molar-refractivity contribution < 1.29 is 9.90 Å². The number of hydrogen-bond donors (Lipinski definition) is 2. The van der Waals surface area contributed by atoms with Crippen LogP contribution in [-0.4, -0.2) is 52.1 Å². The highest BCUT2D eigenvalue weighted by Crippen LogP contribution is 2.15. The minimum absolute atomic E-state index is 0.0199. The molecule has 2 N–H and O–H groups in total. The summed E-state index contributed by atoms with van der Waals surface area (Å²) < 4.78 is 1.98. The van der Waals surface area contributed by atoms with Gasteiger partial charge < -0.3 is 15.3 Å². The molecule has 0 saturated carbocycles. The maximum Gasteiger partial charge on any atom is 0.317 e. The third kappa shape index (κ3) is 3.82. The second-order valence-electron chi connectivity index (χ2n) is 6.15. The normalized spacial score (nSPS) is 18.3. The summed E-state index contributed by atoms with van der Waals surface area (Å²) in [4.78, 5) is 14.0. The van der Waals surface area contributed by atoms with Gasteiger partial charge in [0.05, 0.1) is 11.7 Å². The van der Waals surface area contributed by atoms with E-state index in [4.69, 9.17) is 0 Å². The van der Waals surface area contributed by atoms with Crippen LogP contribution in [0.2, 0.25) is 0 Å². The standard InChI is InChI=1S/C17H24N4O2/c22-13-14-5-3-9-20(12-14)17(23)18-8-4-10-21-16-7-2-1-6-15(16)11-19-21/h1-2,6-7,11,14,22H,3-5,8-10,12-13H2,(H,18,23). The second kappa shape index (κ2) is 7.46. The minimum Gasteiger partial charge on any atom is -0.396 e. The van der Waals surface area contributed by atoms with Crippen LogP contribution in [0.25, 0.3) is 10.9 Å². The molecule has 124 valence electrons. The van der Waals surface area contributed by atoms with Crippen LogP contribution >= 0.6 is 0 Å². The first-order chi connectivity index (χ1) is 11.3. The molecule has 3 rings (SSSR count). The number of nitrogens with one attached hydrogen (secondary N) is 1. The molecule has 1 aromatic carbocycles. The van der Waals surface area contributed by atoms with E-state index < -0.39 is 0 Å². The molecule has 1 atom stereocenters. The second-order valence-corrected chi connectivity index (χ2v) is 6.15. The highest BCUT2D eigenvalue weighted by Gasteiger charge is 2.22. The van der Waals surface area contributed by atoms with Crippen molar-refractivity contribution in [3.05, 3.63) is 30.5 Å². The third-order valence-electron chi connectivity index (χ3n) is 4.44. The number of fused-ring (bicyclic) bond motifs is 1. The number of rotatable bonds is 5. The number of aliphatic hydroxyl groups is 1. The SMILES string of the molecule is O=C(NCCCn1ncc2ccccc21)N1CCCC(CO)C1. The summed E-state index contributed by atoms with van der Waals surface area (Å²) in [5, 5.41) is 17.7. The van der Waals surface area contributed by atoms with Crippen molar-refractivity contribution in [2.24, 2.45) is 5.92 Å². The van der Waals surface area contributed by atoms with Crippen LogP contribution in [0, 0.1) is 5.92 Å². The molecule has 1 aliphatic heterocycles. The number of nitrogens with zero attached hydrogens (tertiary/aromatic N) is 3. The molecule has 0 aliphatic carbocycles. The van der Waals surface area contributed by atoms with E-state index in [1.807, 2.05) is 27.9 Å². The maximum absolute atomic E-state index is 12.1. The average molecular weight is 316 g/mol. The number of hydrogen-bond acceptors (Lipinski definition) is 3. The summed E-state index contributed by atoms with van der Waals surface area (Å²) in [5.41, 5.74) is 1.13. The van der Waals surface area contributed by atoms with Gasteiger partial charge in [-0.15, -0.1) is 0 Å². The monoisotopic (exact) mass is 316 g/mol. The number of benzene rings is 1. The lowest BCUT2D eigenvalue weighted by atomic mass is 9.99. The van der Waals surface area contributed by atoms with E-state index in [-0.39, 0.29) is 18.6 Å². The number of para-hydroxylation sites is 1. The molecule has 2 amide bonds. The van der Waals surface area contributed by atoms with E-state index in [1.165, 1.54) is 0 Å². The molecule has 1 aliphatic rings. The van der Waals surface area contributed by atoms with Gasteiger partial charge in [-0.05, 0) is 31.2 Å². The predicted molar refractivity (Wildman–Crippen MR) is 89.1 cm³/mol. The number of amides is 2. The largest absolute Gasteiger partial charge is 0.396 e. The fourth-order valence-corrected chi connectivity index (χ4v) is 3.14. The van der Waals surface area contributed by atoms with Gasteiger partial charge in [-0.3, -0.25) is 4.68 Å². The van der Waals surface area contributed by atoms with Gasteiger partial charge in [-0.25, -0.2) is 4.79 Å². The fourth-order valence-electron chi connectivity index (χ4n) is 3.14. The molecule has 1 aromatic heterocycles. The van der Waals surface area contributed by atoms with Crippen molar-refractivity contribution in [1.29, 1.82) is 0 Å². The Morgan fingerprint density at radius 1 is 1.39 bits per heavy atom. The van der Waals surface area contributed by atoms with Gasteiger partial charge in [-0.1, -0.05) is 18.2 Å². The Kier molecular flexibility index (Phi) is 5.12. The summed E-state index contributed by atoms with van der Waals surface area (Å²) in [6.07, 6.45) is 4.69. The number of urea groups is 1. The van der Waals surface area contributed by atoms with Crippen LogP contribution in [0.15, 0.2) is 30.5 Å². The molecule has 0 radical (unpaired) electrons. The fraction of sp³-hybridized carbons (Fsp3) is 0.529. The van der Waals surface area contributed by atoms with Gasteiger partial charge in [0.1, 0.15) is 0 Å². The van der Waals surface area contributed by atoms with E-state index in [9.17, 15) is 9.90 Å². The number of carbonyl (C=O) groups excluding carboxylic acids is 1. The van der Waals surface area contributed by atoms with Crippen LogP contribution in [0.5, 0.6) is 0 Å². The maximum atomic E-state index is 12.1. The van der Waals surface area contributed by atoms with Crippen LogP contribution in [0.4, 0.5) is 4.79 Å². The Morgan fingerprint density at radius 3 is 3.13 bits per heavy atom. The van der Waals surface area contributed by atoms with Gasteiger partial charge in [0.15, 0.2) is 0 Å². The number of aromatic nitrogens is 2. The quantitative estimate of drug-likeness (QED) is 0.827. The summed E-state index contributed by atoms with van der Waals surface area (Å²) >= 11 is 0. The minimum atomic E-state index is -0.0199. The molecule has 0 bridgehead atoms.